The van der Waals surface area contributed by atoms with Gasteiger partial charge in [-0.3, -0.25) is 4.79 Å². The highest BCUT2D eigenvalue weighted by Gasteiger charge is 2.22. The van der Waals surface area contributed by atoms with Gasteiger partial charge in [-0.05, 0) is 25.2 Å². The summed E-state index contributed by atoms with van der Waals surface area (Å²) in [5, 5.41) is 8.04. The molecule has 3 N–H and O–H groups in total. The zero-order chi connectivity index (χ0) is 12.0. The fraction of sp³-hybridized carbons (Fsp3) is 0.818. The molecule has 1 aliphatic carbocycles. The van der Waals surface area contributed by atoms with Crippen LogP contribution in [0.25, 0.3) is 0 Å². The third-order valence-electron chi connectivity index (χ3n) is 2.36. The van der Waals surface area contributed by atoms with Crippen LogP contribution >= 0.6 is 0 Å². The predicted octanol–water partition coefficient (Wildman–Crippen LogP) is 0.610. The van der Waals surface area contributed by atoms with Crippen molar-refractivity contribution in [3.63, 3.8) is 0 Å². The highest BCUT2D eigenvalue weighted by Crippen LogP contribution is 2.18. The molecule has 1 rings (SSSR count). The van der Waals surface area contributed by atoms with Gasteiger partial charge in [-0.1, -0.05) is 13.8 Å². The van der Waals surface area contributed by atoms with E-state index in [9.17, 15) is 9.59 Å². The molecular weight excluding hydrogens is 206 g/mol. The second-order valence-electron chi connectivity index (χ2n) is 4.63. The molecule has 0 unspecified atom stereocenters. The average molecular weight is 227 g/mol. The molecule has 0 radical (unpaired) electrons. The molecule has 1 saturated carbocycles. The maximum Gasteiger partial charge on any atom is 0.315 e. The van der Waals surface area contributed by atoms with Gasteiger partial charge in [0.1, 0.15) is 0 Å². The molecule has 0 aliphatic heterocycles. The molecule has 1 aliphatic rings. The van der Waals surface area contributed by atoms with Crippen molar-refractivity contribution in [3.8, 4) is 0 Å². The molecule has 0 heterocycles. The van der Waals surface area contributed by atoms with Gasteiger partial charge in [0.05, 0.1) is 6.54 Å². The van der Waals surface area contributed by atoms with Crippen LogP contribution in [0.1, 0.15) is 33.1 Å². The van der Waals surface area contributed by atoms with Crippen molar-refractivity contribution in [1.29, 1.82) is 0 Å². The van der Waals surface area contributed by atoms with E-state index >= 15 is 0 Å². The fourth-order valence-electron chi connectivity index (χ4n) is 1.20. The summed E-state index contributed by atoms with van der Waals surface area (Å²) in [6.07, 6.45) is 3.07. The Morgan fingerprint density at radius 2 is 1.94 bits per heavy atom. The number of amides is 3. The van der Waals surface area contributed by atoms with Crippen LogP contribution in [-0.2, 0) is 4.79 Å². The molecule has 0 bridgehead atoms. The minimum absolute atomic E-state index is 0.0595. The van der Waals surface area contributed by atoms with Gasteiger partial charge in [0.25, 0.3) is 0 Å². The summed E-state index contributed by atoms with van der Waals surface area (Å²) in [6.45, 7) is 4.91. The van der Waals surface area contributed by atoms with Crippen molar-refractivity contribution in [2.45, 2.75) is 39.2 Å². The van der Waals surface area contributed by atoms with Gasteiger partial charge in [-0.15, -0.1) is 0 Å². The summed E-state index contributed by atoms with van der Waals surface area (Å²) < 4.78 is 0. The zero-order valence-corrected chi connectivity index (χ0v) is 10.0. The van der Waals surface area contributed by atoms with Gasteiger partial charge < -0.3 is 16.0 Å². The van der Waals surface area contributed by atoms with Gasteiger partial charge in [0.15, 0.2) is 0 Å². The lowest BCUT2D eigenvalue weighted by Crippen LogP contribution is -2.42. The maximum atomic E-state index is 11.2. The first-order valence-corrected chi connectivity index (χ1v) is 5.89. The second kappa shape index (κ2) is 6.35. The predicted molar refractivity (Wildman–Crippen MR) is 62.0 cm³/mol. The Labute approximate surface area is 96.4 Å². The highest BCUT2D eigenvalue weighted by atomic mass is 16.2. The first kappa shape index (κ1) is 12.8. The first-order chi connectivity index (χ1) is 7.58. The molecule has 0 saturated heterocycles. The lowest BCUT2D eigenvalue weighted by atomic mass is 10.1. The molecule has 92 valence electrons. The Kier molecular flexibility index (Phi) is 5.08. The molecule has 1 fully saturated rings. The summed E-state index contributed by atoms with van der Waals surface area (Å²) in [7, 11) is 0. The van der Waals surface area contributed by atoms with Gasteiger partial charge in [-0.25, -0.2) is 4.79 Å². The summed E-state index contributed by atoms with van der Waals surface area (Å²) >= 11 is 0. The second-order valence-corrected chi connectivity index (χ2v) is 4.63. The van der Waals surface area contributed by atoms with Crippen molar-refractivity contribution in [2.24, 2.45) is 5.92 Å². The highest BCUT2D eigenvalue weighted by molar-refractivity contribution is 5.84. The lowest BCUT2D eigenvalue weighted by molar-refractivity contribution is -0.120. The number of rotatable bonds is 6. The molecule has 0 atom stereocenters. The fourth-order valence-corrected chi connectivity index (χ4v) is 1.20. The smallest absolute Gasteiger partial charge is 0.315 e. The zero-order valence-electron chi connectivity index (χ0n) is 10.0. The van der Waals surface area contributed by atoms with Crippen molar-refractivity contribution < 1.29 is 9.59 Å². The van der Waals surface area contributed by atoms with Gasteiger partial charge in [0.2, 0.25) is 5.91 Å². The van der Waals surface area contributed by atoms with Gasteiger partial charge >= 0.3 is 6.03 Å². The summed E-state index contributed by atoms with van der Waals surface area (Å²) in [6, 6.07) is 0.0740. The normalized spacial score (nSPS) is 14.7. The Bertz CT molecular complexity index is 250. The van der Waals surface area contributed by atoms with Gasteiger partial charge in [-0.2, -0.15) is 0 Å². The maximum absolute atomic E-state index is 11.2. The largest absolute Gasteiger partial charge is 0.352 e. The molecule has 0 aromatic rings. The monoisotopic (exact) mass is 227 g/mol. The summed E-state index contributed by atoms with van der Waals surface area (Å²) in [5.74, 6) is 0.458. The quantitative estimate of drug-likeness (QED) is 0.622. The van der Waals surface area contributed by atoms with E-state index in [-0.39, 0.29) is 18.5 Å². The molecule has 16 heavy (non-hydrogen) atoms. The van der Waals surface area contributed by atoms with Crippen LogP contribution in [0.2, 0.25) is 0 Å². The SMILES string of the molecule is CC(C)CCNC(=O)NCC(=O)NC1CC1. The third-order valence-corrected chi connectivity index (χ3v) is 2.36. The van der Waals surface area contributed by atoms with Crippen LogP contribution in [0.3, 0.4) is 0 Å². The Morgan fingerprint density at radius 1 is 1.25 bits per heavy atom. The van der Waals surface area contributed by atoms with Crippen LogP contribution in [0.5, 0.6) is 0 Å². The Hall–Kier alpha value is -1.26. The summed E-state index contributed by atoms with van der Waals surface area (Å²) in [4.78, 5) is 22.5. The van der Waals surface area contributed by atoms with Crippen LogP contribution in [0.15, 0.2) is 0 Å². The number of hydrogen-bond donors (Lipinski definition) is 3. The van der Waals surface area contributed by atoms with E-state index in [0.717, 1.165) is 19.3 Å². The van der Waals surface area contributed by atoms with Crippen LogP contribution in [0, 0.1) is 5.92 Å². The van der Waals surface area contributed by atoms with Crippen LogP contribution < -0.4 is 16.0 Å². The molecule has 0 aromatic carbocycles. The third kappa shape index (κ3) is 6.27. The minimum atomic E-state index is -0.272. The number of urea groups is 1. The Morgan fingerprint density at radius 3 is 2.50 bits per heavy atom. The molecule has 5 nitrogen and oxygen atoms in total. The van der Waals surface area contributed by atoms with Crippen molar-refractivity contribution in [2.75, 3.05) is 13.1 Å². The number of carbonyl (C=O) groups is 2. The molecular formula is C11H21N3O2. The van der Waals surface area contributed by atoms with E-state index in [1.165, 1.54) is 0 Å². The van der Waals surface area contributed by atoms with Crippen LogP contribution in [-0.4, -0.2) is 31.1 Å². The number of carbonyl (C=O) groups excluding carboxylic acids is 2. The van der Waals surface area contributed by atoms with Crippen molar-refractivity contribution in [1.82, 2.24) is 16.0 Å². The van der Waals surface area contributed by atoms with Crippen molar-refractivity contribution >= 4 is 11.9 Å². The average Bonchev–Trinajstić information content (AvgIpc) is 2.98. The summed E-state index contributed by atoms with van der Waals surface area (Å²) in [5.41, 5.74) is 0. The van der Waals surface area contributed by atoms with E-state index in [4.69, 9.17) is 0 Å². The van der Waals surface area contributed by atoms with Gasteiger partial charge in [0, 0.05) is 12.6 Å². The Balaban J connectivity index is 1.98. The van der Waals surface area contributed by atoms with E-state index < -0.39 is 0 Å². The first-order valence-electron chi connectivity index (χ1n) is 5.89. The van der Waals surface area contributed by atoms with E-state index in [1.807, 2.05) is 0 Å². The van der Waals surface area contributed by atoms with E-state index in [0.29, 0.717) is 18.5 Å². The number of hydrogen-bond acceptors (Lipinski definition) is 2. The van der Waals surface area contributed by atoms with Crippen molar-refractivity contribution in [3.05, 3.63) is 0 Å². The van der Waals surface area contributed by atoms with E-state index in [2.05, 4.69) is 29.8 Å². The standard InChI is InChI=1S/C11H21N3O2/c1-8(2)5-6-12-11(16)13-7-10(15)14-9-3-4-9/h8-9H,3-7H2,1-2H3,(H,14,15)(H2,12,13,16). The molecule has 0 spiro atoms. The number of nitrogens with one attached hydrogen (secondary N) is 3. The lowest BCUT2D eigenvalue weighted by Gasteiger charge is -2.08. The molecule has 5 heteroatoms. The van der Waals surface area contributed by atoms with Crippen LogP contribution in [0.4, 0.5) is 4.79 Å². The molecule has 3 amide bonds. The molecule has 0 aromatic heterocycles. The minimum Gasteiger partial charge on any atom is -0.352 e. The van der Waals surface area contributed by atoms with E-state index in [1.54, 1.807) is 0 Å². The topological polar surface area (TPSA) is 70.2 Å².